The number of carbonyl (C=O) groups excluding carboxylic acids is 1. The Hall–Kier alpha value is -1.26. The number of hydrogen-bond acceptors (Lipinski definition) is 2. The van der Waals surface area contributed by atoms with Crippen LogP contribution in [0.2, 0.25) is 0 Å². The fourth-order valence-corrected chi connectivity index (χ4v) is 3.54. The predicted octanol–water partition coefficient (Wildman–Crippen LogP) is 5.57. The zero-order valence-corrected chi connectivity index (χ0v) is 16.8. The smallest absolute Gasteiger partial charge is 0.230 e. The maximum atomic E-state index is 12.2. The molecular weight excluding hydrogens is 382 g/mol. The first-order valence-electron chi connectivity index (χ1n) is 8.18. The van der Waals surface area contributed by atoms with Gasteiger partial charge in [0, 0.05) is 10.2 Å². The molecule has 2 rings (SSSR count). The van der Waals surface area contributed by atoms with E-state index in [-0.39, 0.29) is 11.9 Å². The van der Waals surface area contributed by atoms with E-state index in [4.69, 9.17) is 0 Å². The van der Waals surface area contributed by atoms with E-state index in [1.165, 1.54) is 22.3 Å². The first kappa shape index (κ1) is 19.1. The predicted molar refractivity (Wildman–Crippen MR) is 107 cm³/mol. The van der Waals surface area contributed by atoms with Crippen molar-refractivity contribution in [3.8, 4) is 0 Å². The molecule has 128 valence electrons. The van der Waals surface area contributed by atoms with Crippen LogP contribution in [0, 0.1) is 13.8 Å². The Balaban J connectivity index is 1.85. The van der Waals surface area contributed by atoms with Crippen LogP contribution < -0.4 is 5.32 Å². The van der Waals surface area contributed by atoms with E-state index < -0.39 is 0 Å². The van der Waals surface area contributed by atoms with Gasteiger partial charge in [-0.1, -0.05) is 53.2 Å². The Kier molecular flexibility index (Phi) is 7.38. The van der Waals surface area contributed by atoms with E-state index in [0.717, 1.165) is 16.6 Å². The summed E-state index contributed by atoms with van der Waals surface area (Å²) in [5.41, 5.74) is 4.97. The molecule has 1 N–H and O–H groups in total. The van der Waals surface area contributed by atoms with E-state index >= 15 is 0 Å². The lowest BCUT2D eigenvalue weighted by molar-refractivity contribution is -0.119. The van der Waals surface area contributed by atoms with Crippen LogP contribution in [-0.2, 0) is 10.5 Å². The lowest BCUT2D eigenvalue weighted by Crippen LogP contribution is -2.29. The van der Waals surface area contributed by atoms with Crippen LogP contribution in [0.25, 0.3) is 0 Å². The van der Waals surface area contributed by atoms with E-state index in [0.29, 0.717) is 5.75 Å². The minimum atomic E-state index is 0.0880. The summed E-state index contributed by atoms with van der Waals surface area (Å²) < 4.78 is 1.08. The summed E-state index contributed by atoms with van der Waals surface area (Å²) in [7, 11) is 0. The number of benzene rings is 2. The Labute approximate surface area is 157 Å². The van der Waals surface area contributed by atoms with Crippen LogP contribution in [0.4, 0.5) is 0 Å². The molecule has 0 radical (unpaired) electrons. The summed E-state index contributed by atoms with van der Waals surface area (Å²) >= 11 is 5.08. The number of amides is 1. The number of rotatable bonds is 7. The molecule has 0 saturated carbocycles. The first-order valence-corrected chi connectivity index (χ1v) is 10.1. The van der Waals surface area contributed by atoms with Crippen LogP contribution in [0.3, 0.4) is 0 Å². The molecule has 0 aliphatic rings. The van der Waals surface area contributed by atoms with Gasteiger partial charge in [-0.15, -0.1) is 11.8 Å². The van der Waals surface area contributed by atoms with Crippen molar-refractivity contribution in [2.24, 2.45) is 0 Å². The van der Waals surface area contributed by atoms with Crippen LogP contribution in [0.1, 0.15) is 41.6 Å². The summed E-state index contributed by atoms with van der Waals surface area (Å²) in [5, 5.41) is 3.16. The fourth-order valence-electron chi connectivity index (χ4n) is 2.48. The molecule has 2 aromatic rings. The number of nitrogens with one attached hydrogen (secondary N) is 1. The Morgan fingerprint density at radius 2 is 1.83 bits per heavy atom. The number of carbonyl (C=O) groups is 1. The number of halogens is 1. The average molecular weight is 406 g/mol. The highest BCUT2D eigenvalue weighted by Gasteiger charge is 2.13. The lowest BCUT2D eigenvalue weighted by Gasteiger charge is -2.18. The molecule has 0 spiro atoms. The molecule has 1 atom stereocenters. The minimum Gasteiger partial charge on any atom is -0.349 e. The van der Waals surface area contributed by atoms with Crippen molar-refractivity contribution in [3.05, 3.63) is 69.2 Å². The van der Waals surface area contributed by atoms with E-state index in [2.05, 4.69) is 72.3 Å². The second-order valence-electron chi connectivity index (χ2n) is 5.99. The van der Waals surface area contributed by atoms with E-state index in [1.54, 1.807) is 11.8 Å². The summed E-state index contributed by atoms with van der Waals surface area (Å²) in [5.74, 6) is 1.43. The van der Waals surface area contributed by atoms with Gasteiger partial charge in [-0.2, -0.15) is 0 Å². The van der Waals surface area contributed by atoms with Gasteiger partial charge >= 0.3 is 0 Å². The van der Waals surface area contributed by atoms with Crippen molar-refractivity contribution < 1.29 is 4.79 Å². The highest BCUT2D eigenvalue weighted by Crippen LogP contribution is 2.21. The zero-order chi connectivity index (χ0) is 17.5. The number of thioether (sulfide) groups is 1. The molecule has 0 aliphatic heterocycles. The average Bonchev–Trinajstić information content (AvgIpc) is 2.57. The first-order chi connectivity index (χ1) is 11.5. The van der Waals surface area contributed by atoms with Crippen molar-refractivity contribution in [2.75, 3.05) is 5.75 Å². The molecule has 0 aliphatic carbocycles. The minimum absolute atomic E-state index is 0.0880. The van der Waals surface area contributed by atoms with Gasteiger partial charge in [-0.25, -0.2) is 0 Å². The summed E-state index contributed by atoms with van der Waals surface area (Å²) in [4.78, 5) is 12.2. The summed E-state index contributed by atoms with van der Waals surface area (Å²) in [6.45, 7) is 6.33. The van der Waals surface area contributed by atoms with Crippen LogP contribution in [0.5, 0.6) is 0 Å². The topological polar surface area (TPSA) is 29.1 Å². The van der Waals surface area contributed by atoms with Gasteiger partial charge in [0.2, 0.25) is 5.91 Å². The largest absolute Gasteiger partial charge is 0.349 e. The van der Waals surface area contributed by atoms with Gasteiger partial charge in [0.1, 0.15) is 0 Å². The molecular formula is C20H24BrNOS. The Morgan fingerprint density at radius 3 is 2.46 bits per heavy atom. The van der Waals surface area contributed by atoms with Crippen molar-refractivity contribution in [1.29, 1.82) is 0 Å². The molecule has 0 heterocycles. The number of aryl methyl sites for hydroxylation is 2. The van der Waals surface area contributed by atoms with Gasteiger partial charge in [-0.05, 0) is 54.7 Å². The van der Waals surface area contributed by atoms with E-state index in [9.17, 15) is 4.79 Å². The summed E-state index contributed by atoms with van der Waals surface area (Å²) in [6, 6.07) is 14.7. The van der Waals surface area contributed by atoms with Crippen LogP contribution in [0.15, 0.2) is 46.9 Å². The van der Waals surface area contributed by atoms with Crippen molar-refractivity contribution in [2.45, 2.75) is 39.0 Å². The molecule has 24 heavy (non-hydrogen) atoms. The fraction of sp³-hybridized carbons (Fsp3) is 0.350. The van der Waals surface area contributed by atoms with Gasteiger partial charge in [0.05, 0.1) is 11.8 Å². The highest BCUT2D eigenvalue weighted by molar-refractivity contribution is 9.10. The SMILES string of the molecule is CC[C@H](NC(=O)CSCc1ccc(Br)cc1)c1ccc(C)c(C)c1. The molecule has 2 aromatic carbocycles. The normalized spacial score (nSPS) is 12.0. The van der Waals surface area contributed by atoms with Crippen molar-refractivity contribution in [3.63, 3.8) is 0 Å². The summed E-state index contributed by atoms with van der Waals surface area (Å²) in [6.07, 6.45) is 0.894. The Morgan fingerprint density at radius 1 is 1.12 bits per heavy atom. The monoisotopic (exact) mass is 405 g/mol. The Bertz CT molecular complexity index is 685. The van der Waals surface area contributed by atoms with Crippen LogP contribution in [-0.4, -0.2) is 11.7 Å². The third-order valence-corrected chi connectivity index (χ3v) is 5.62. The van der Waals surface area contributed by atoms with Gasteiger partial charge in [0.15, 0.2) is 0 Å². The zero-order valence-electron chi connectivity index (χ0n) is 14.4. The molecule has 0 saturated heterocycles. The third kappa shape index (κ3) is 5.67. The van der Waals surface area contributed by atoms with Gasteiger partial charge in [-0.3, -0.25) is 4.79 Å². The second-order valence-corrected chi connectivity index (χ2v) is 7.89. The van der Waals surface area contributed by atoms with Gasteiger partial charge < -0.3 is 5.32 Å². The standard InChI is InChI=1S/C20H24BrNOS/c1-4-19(17-8-5-14(2)15(3)11-17)22-20(23)13-24-12-16-6-9-18(21)10-7-16/h5-11,19H,4,12-13H2,1-3H3,(H,22,23)/t19-/m0/s1. The number of hydrogen-bond donors (Lipinski definition) is 1. The molecule has 1 amide bonds. The maximum absolute atomic E-state index is 12.2. The van der Waals surface area contributed by atoms with Gasteiger partial charge in [0.25, 0.3) is 0 Å². The molecule has 0 aromatic heterocycles. The van der Waals surface area contributed by atoms with E-state index in [1.807, 2.05) is 12.1 Å². The van der Waals surface area contributed by atoms with Crippen molar-refractivity contribution in [1.82, 2.24) is 5.32 Å². The molecule has 0 fully saturated rings. The maximum Gasteiger partial charge on any atom is 0.230 e. The molecule has 0 unspecified atom stereocenters. The quantitative estimate of drug-likeness (QED) is 0.652. The third-order valence-electron chi connectivity index (χ3n) is 4.09. The molecule has 0 bridgehead atoms. The van der Waals surface area contributed by atoms with Crippen molar-refractivity contribution >= 4 is 33.6 Å². The molecule has 4 heteroatoms. The highest BCUT2D eigenvalue weighted by atomic mass is 79.9. The molecule has 2 nitrogen and oxygen atoms in total. The second kappa shape index (κ2) is 9.28. The van der Waals surface area contributed by atoms with Crippen LogP contribution >= 0.6 is 27.7 Å². The lowest BCUT2D eigenvalue weighted by atomic mass is 9.99.